The predicted molar refractivity (Wildman–Crippen MR) is 144 cm³/mol. The van der Waals surface area contributed by atoms with E-state index in [1.807, 2.05) is 6.92 Å². The Bertz CT molecular complexity index is 1350. The first-order valence-corrected chi connectivity index (χ1v) is 16.5. The summed E-state index contributed by atoms with van der Waals surface area (Å²) in [7, 11) is -7.60. The van der Waals surface area contributed by atoms with E-state index in [4.69, 9.17) is 17.3 Å². The molecular weight excluding hydrogens is 554 g/mol. The zero-order valence-electron chi connectivity index (χ0n) is 21.4. The monoisotopic (exact) mass is 587 g/mol. The number of benzene rings is 1. The summed E-state index contributed by atoms with van der Waals surface area (Å²) in [6, 6.07) is 4.16. The van der Waals surface area contributed by atoms with Gasteiger partial charge in [0.15, 0.2) is 0 Å². The smallest absolute Gasteiger partial charge is 0.304 e. The van der Waals surface area contributed by atoms with E-state index in [0.29, 0.717) is 18.8 Å². The van der Waals surface area contributed by atoms with E-state index in [1.54, 1.807) is 0 Å². The summed E-state index contributed by atoms with van der Waals surface area (Å²) in [5.74, 6) is 0.0931. The van der Waals surface area contributed by atoms with Gasteiger partial charge in [-0.05, 0) is 74.0 Å². The molecule has 0 aromatic heterocycles. The van der Waals surface area contributed by atoms with Crippen molar-refractivity contribution < 1.29 is 26.4 Å². The van der Waals surface area contributed by atoms with Gasteiger partial charge in [-0.2, -0.15) is 12.7 Å². The van der Waals surface area contributed by atoms with Crippen LogP contribution in [0.2, 0.25) is 5.02 Å². The second kappa shape index (κ2) is 9.53. The number of primary amides is 1. The number of nitrogens with one attached hydrogen (secondary N) is 2. The summed E-state index contributed by atoms with van der Waals surface area (Å²) in [6.07, 6.45) is 5.10. The third-order valence-corrected chi connectivity index (χ3v) is 11.3. The van der Waals surface area contributed by atoms with Gasteiger partial charge < -0.3 is 11.1 Å². The van der Waals surface area contributed by atoms with Gasteiger partial charge in [-0.1, -0.05) is 18.5 Å². The number of carbonyl (C=O) groups excluding carboxylic acids is 2. The molecular formula is C24H34ClN5O6S2. The number of anilines is 2. The highest BCUT2D eigenvalue weighted by molar-refractivity contribution is 7.92. The van der Waals surface area contributed by atoms with Crippen molar-refractivity contribution in [3.05, 3.63) is 23.2 Å². The lowest BCUT2D eigenvalue weighted by Crippen LogP contribution is -2.63. The Balaban J connectivity index is 1.30. The van der Waals surface area contributed by atoms with Gasteiger partial charge in [-0.3, -0.25) is 18.6 Å². The molecule has 3 unspecified atom stereocenters. The molecule has 1 aromatic rings. The van der Waals surface area contributed by atoms with Crippen molar-refractivity contribution in [1.29, 1.82) is 0 Å². The van der Waals surface area contributed by atoms with Gasteiger partial charge in [-0.25, -0.2) is 8.42 Å². The standard InChI is InChI=1S/C24H34ClN5O6S2/c1-14-11-29(38(35,36)30(12-14)20-4-3-18(7-19(20)25)28-37(2,33)34)13-21(31)27-22-16-5-15-6-17(22)10-24(8-15,9-16)23(26)32/h3-4,7,14-17,22,28H,5-6,8-13H2,1-2H3,(H2,26,32)(H,27,31). The van der Waals surface area contributed by atoms with Crippen molar-refractivity contribution in [2.75, 3.05) is 34.9 Å². The van der Waals surface area contributed by atoms with Crippen LogP contribution in [0.4, 0.5) is 11.4 Å². The van der Waals surface area contributed by atoms with Gasteiger partial charge in [0.2, 0.25) is 21.8 Å². The molecule has 6 rings (SSSR count). The van der Waals surface area contributed by atoms with Crippen LogP contribution in [0.5, 0.6) is 0 Å². The Morgan fingerprint density at radius 2 is 1.82 bits per heavy atom. The van der Waals surface area contributed by atoms with E-state index in [-0.39, 0.29) is 71.6 Å². The van der Waals surface area contributed by atoms with Gasteiger partial charge >= 0.3 is 10.2 Å². The van der Waals surface area contributed by atoms with Crippen molar-refractivity contribution in [3.63, 3.8) is 0 Å². The van der Waals surface area contributed by atoms with Crippen molar-refractivity contribution in [3.8, 4) is 0 Å². The van der Waals surface area contributed by atoms with Crippen LogP contribution in [-0.4, -0.2) is 64.9 Å². The Hall–Kier alpha value is -2.09. The van der Waals surface area contributed by atoms with E-state index >= 15 is 0 Å². The number of hydrogen-bond donors (Lipinski definition) is 3. The average molecular weight is 588 g/mol. The lowest BCUT2D eigenvalue weighted by Gasteiger charge is -2.58. The number of amides is 2. The second-order valence-corrected chi connectivity index (χ2v) is 15.7. The Kier molecular flexibility index (Phi) is 6.89. The Labute approximate surface area is 228 Å². The van der Waals surface area contributed by atoms with Crippen LogP contribution < -0.4 is 20.1 Å². The first kappa shape index (κ1) is 27.5. The molecule has 4 saturated carbocycles. The fourth-order valence-corrected chi connectivity index (χ4v) is 10.1. The Morgan fingerprint density at radius 3 is 2.39 bits per heavy atom. The normalized spacial score (nSPS) is 34.2. The number of nitrogens with zero attached hydrogens (tertiary/aromatic N) is 2. The molecule has 3 atom stereocenters. The van der Waals surface area contributed by atoms with Gasteiger partial charge in [-0.15, -0.1) is 0 Å². The highest BCUT2D eigenvalue weighted by atomic mass is 35.5. The van der Waals surface area contributed by atoms with Gasteiger partial charge in [0.1, 0.15) is 0 Å². The molecule has 1 heterocycles. The molecule has 0 radical (unpaired) electrons. The zero-order valence-corrected chi connectivity index (χ0v) is 23.8. The summed E-state index contributed by atoms with van der Waals surface area (Å²) in [5.41, 5.74) is 5.73. The highest BCUT2D eigenvalue weighted by Gasteiger charge is 2.58. The van der Waals surface area contributed by atoms with Crippen molar-refractivity contribution in [1.82, 2.24) is 9.62 Å². The molecule has 5 fully saturated rings. The van der Waals surface area contributed by atoms with E-state index in [1.165, 1.54) is 22.5 Å². The second-order valence-electron chi connectivity index (χ2n) is 11.7. The quantitative estimate of drug-likeness (QED) is 0.438. The molecule has 2 amide bonds. The lowest BCUT2D eigenvalue weighted by molar-refractivity contribution is -0.147. The largest absolute Gasteiger partial charge is 0.369 e. The van der Waals surface area contributed by atoms with Crippen LogP contribution in [0.3, 0.4) is 0 Å². The number of rotatable bonds is 7. The van der Waals surface area contributed by atoms with Crippen LogP contribution >= 0.6 is 11.6 Å². The fourth-order valence-electron chi connectivity index (χ4n) is 7.33. The maximum Gasteiger partial charge on any atom is 0.304 e. The number of hydrogen-bond acceptors (Lipinski definition) is 6. The summed E-state index contributed by atoms with van der Waals surface area (Å²) < 4.78 is 54.8. The molecule has 4 aliphatic carbocycles. The van der Waals surface area contributed by atoms with Gasteiger partial charge in [0.25, 0.3) is 0 Å². The molecule has 5 aliphatic rings. The summed E-state index contributed by atoms with van der Waals surface area (Å²) in [6.45, 7) is 1.92. The maximum atomic E-state index is 13.6. The first-order chi connectivity index (χ1) is 17.7. The fraction of sp³-hybridized carbons (Fsp3) is 0.667. The minimum atomic E-state index is -4.08. The van der Waals surface area contributed by atoms with Crippen LogP contribution in [0.1, 0.15) is 39.0 Å². The predicted octanol–water partition coefficient (Wildman–Crippen LogP) is 1.51. The number of carbonyl (C=O) groups is 2. The molecule has 0 spiro atoms. The maximum absolute atomic E-state index is 13.6. The average Bonchev–Trinajstić information content (AvgIpc) is 2.77. The van der Waals surface area contributed by atoms with E-state index in [2.05, 4.69) is 10.0 Å². The molecule has 1 aliphatic heterocycles. The molecule has 14 heteroatoms. The van der Waals surface area contributed by atoms with Crippen molar-refractivity contribution in [2.45, 2.75) is 45.1 Å². The van der Waals surface area contributed by atoms with Crippen LogP contribution in [0, 0.1) is 29.1 Å². The number of sulfonamides is 1. The van der Waals surface area contributed by atoms with Crippen molar-refractivity contribution in [2.24, 2.45) is 34.8 Å². The molecule has 1 aromatic carbocycles. The molecule has 4 bridgehead atoms. The van der Waals surface area contributed by atoms with E-state index < -0.39 is 25.6 Å². The van der Waals surface area contributed by atoms with E-state index in [0.717, 1.165) is 29.8 Å². The lowest BCUT2D eigenvalue weighted by atomic mass is 9.47. The topological polar surface area (TPSA) is 159 Å². The summed E-state index contributed by atoms with van der Waals surface area (Å²) in [4.78, 5) is 25.4. The Morgan fingerprint density at radius 1 is 1.16 bits per heavy atom. The minimum absolute atomic E-state index is 0.0673. The SMILES string of the molecule is CC1CN(CC(=O)NC2C3CC4CC2CC(C(N)=O)(C4)C3)S(=O)(=O)N(c2ccc(NS(C)(=O)=O)cc2Cl)C1. The molecule has 4 N–H and O–H groups in total. The first-order valence-electron chi connectivity index (χ1n) is 12.8. The van der Waals surface area contributed by atoms with E-state index in [9.17, 15) is 26.4 Å². The minimum Gasteiger partial charge on any atom is -0.369 e. The highest BCUT2D eigenvalue weighted by Crippen LogP contribution is 2.59. The van der Waals surface area contributed by atoms with Gasteiger partial charge in [0, 0.05) is 24.5 Å². The molecule has 210 valence electrons. The third-order valence-electron chi connectivity index (χ3n) is 8.56. The summed E-state index contributed by atoms with van der Waals surface area (Å²) in [5, 5.41) is 3.17. The summed E-state index contributed by atoms with van der Waals surface area (Å²) >= 11 is 6.38. The number of nitrogens with two attached hydrogens (primary N) is 1. The molecule has 11 nitrogen and oxygen atoms in total. The molecule has 1 saturated heterocycles. The number of halogens is 1. The van der Waals surface area contributed by atoms with Crippen LogP contribution in [-0.2, 0) is 29.8 Å². The molecule has 38 heavy (non-hydrogen) atoms. The third kappa shape index (κ3) is 5.09. The van der Waals surface area contributed by atoms with Crippen LogP contribution in [0.25, 0.3) is 0 Å². The van der Waals surface area contributed by atoms with Crippen molar-refractivity contribution >= 4 is 55.0 Å². The zero-order chi connectivity index (χ0) is 27.6. The van der Waals surface area contributed by atoms with Crippen LogP contribution in [0.15, 0.2) is 18.2 Å². The van der Waals surface area contributed by atoms with Gasteiger partial charge in [0.05, 0.1) is 29.2 Å².